The molecule has 2 aromatic carbocycles. The highest BCUT2D eigenvalue weighted by Gasteiger charge is 2.41. The maximum absolute atomic E-state index is 13.5. The van der Waals surface area contributed by atoms with Gasteiger partial charge in [-0.05, 0) is 56.5 Å². The lowest BCUT2D eigenvalue weighted by Crippen LogP contribution is -2.50. The summed E-state index contributed by atoms with van der Waals surface area (Å²) < 4.78 is 10.9. The first-order valence-electron chi connectivity index (χ1n) is 10.8. The first-order chi connectivity index (χ1) is 15.5. The van der Waals surface area contributed by atoms with E-state index in [1.54, 1.807) is 17.0 Å². The Hall–Kier alpha value is -3.61. The van der Waals surface area contributed by atoms with Crippen molar-refractivity contribution in [2.75, 3.05) is 23.5 Å². The number of fused-ring (bicyclic) bond motifs is 3. The van der Waals surface area contributed by atoms with E-state index < -0.39 is 5.97 Å². The van der Waals surface area contributed by atoms with Crippen LogP contribution in [0.4, 0.5) is 11.4 Å². The van der Waals surface area contributed by atoms with Crippen molar-refractivity contribution in [1.82, 2.24) is 4.98 Å². The number of aromatic nitrogens is 1. The van der Waals surface area contributed by atoms with Crippen molar-refractivity contribution >= 4 is 23.3 Å². The molecule has 7 nitrogen and oxygen atoms in total. The molecule has 3 heterocycles. The van der Waals surface area contributed by atoms with Gasteiger partial charge in [0.2, 0.25) is 11.8 Å². The highest BCUT2D eigenvalue weighted by atomic mass is 16.5. The number of carbonyl (C=O) groups excluding carboxylic acids is 2. The van der Waals surface area contributed by atoms with E-state index in [-0.39, 0.29) is 18.5 Å². The van der Waals surface area contributed by atoms with Crippen LogP contribution in [0, 0.1) is 13.8 Å². The molecular formula is C25H25N3O4. The largest absolute Gasteiger partial charge is 0.465 e. The fraction of sp³-hybridized carbons (Fsp3) is 0.320. The SMILES string of the molecule is COC(=O)c1ccc2c(c1)N(Cc1nc(-c3ccccc3C)oc1C)C(=O)C1CCCN21. The first-order valence-corrected chi connectivity index (χ1v) is 10.8. The Kier molecular flexibility index (Phi) is 4.96. The third kappa shape index (κ3) is 3.25. The molecule has 1 aromatic heterocycles. The summed E-state index contributed by atoms with van der Waals surface area (Å²) in [4.78, 5) is 34.2. The Balaban J connectivity index is 1.55. The molecule has 3 aromatic rings. The molecule has 32 heavy (non-hydrogen) atoms. The molecule has 7 heteroatoms. The maximum atomic E-state index is 13.5. The predicted octanol–water partition coefficient (Wildman–Crippen LogP) is 4.26. The quantitative estimate of drug-likeness (QED) is 0.575. The van der Waals surface area contributed by atoms with Gasteiger partial charge in [-0.25, -0.2) is 9.78 Å². The summed E-state index contributed by atoms with van der Waals surface area (Å²) >= 11 is 0. The molecule has 2 aliphatic heterocycles. The number of aryl methyl sites for hydroxylation is 2. The zero-order valence-corrected chi connectivity index (χ0v) is 18.4. The van der Waals surface area contributed by atoms with E-state index in [0.29, 0.717) is 28.6 Å². The van der Waals surface area contributed by atoms with E-state index in [1.807, 2.05) is 44.2 Å². The summed E-state index contributed by atoms with van der Waals surface area (Å²) in [5, 5.41) is 0. The van der Waals surface area contributed by atoms with Crippen LogP contribution >= 0.6 is 0 Å². The summed E-state index contributed by atoms with van der Waals surface area (Å²) in [6.45, 7) is 4.99. The number of oxazole rings is 1. The number of anilines is 2. The van der Waals surface area contributed by atoms with Crippen LogP contribution in [-0.4, -0.2) is 36.6 Å². The minimum absolute atomic E-state index is 0.0249. The summed E-state index contributed by atoms with van der Waals surface area (Å²) in [7, 11) is 1.35. The molecule has 0 radical (unpaired) electrons. The third-order valence-electron chi connectivity index (χ3n) is 6.38. The average molecular weight is 431 g/mol. The Bertz CT molecular complexity index is 1220. The molecule has 0 saturated carbocycles. The molecule has 1 atom stereocenters. The van der Waals surface area contributed by atoms with E-state index in [0.717, 1.165) is 36.2 Å². The van der Waals surface area contributed by atoms with Crippen molar-refractivity contribution < 1.29 is 18.7 Å². The van der Waals surface area contributed by atoms with Gasteiger partial charge in [-0.15, -0.1) is 0 Å². The van der Waals surface area contributed by atoms with Gasteiger partial charge in [0.15, 0.2) is 0 Å². The van der Waals surface area contributed by atoms with Crippen LogP contribution in [0.2, 0.25) is 0 Å². The number of hydrogen-bond donors (Lipinski definition) is 0. The zero-order chi connectivity index (χ0) is 22.4. The van der Waals surface area contributed by atoms with Gasteiger partial charge in [0.05, 0.1) is 30.6 Å². The molecule has 5 rings (SSSR count). The lowest BCUT2D eigenvalue weighted by Gasteiger charge is -2.39. The van der Waals surface area contributed by atoms with Gasteiger partial charge in [0, 0.05) is 12.1 Å². The van der Waals surface area contributed by atoms with Crippen LogP contribution in [-0.2, 0) is 16.1 Å². The van der Waals surface area contributed by atoms with Crippen LogP contribution in [0.1, 0.15) is 40.2 Å². The molecule has 0 aliphatic carbocycles. The number of ether oxygens (including phenoxy) is 1. The van der Waals surface area contributed by atoms with Crippen LogP contribution in [0.15, 0.2) is 46.9 Å². The molecule has 0 N–H and O–H groups in total. The van der Waals surface area contributed by atoms with E-state index >= 15 is 0 Å². The number of esters is 1. The van der Waals surface area contributed by atoms with Gasteiger partial charge in [-0.1, -0.05) is 18.2 Å². The van der Waals surface area contributed by atoms with Crippen LogP contribution < -0.4 is 9.80 Å². The molecule has 164 valence electrons. The number of rotatable bonds is 4. The number of carbonyl (C=O) groups is 2. The number of benzene rings is 2. The minimum Gasteiger partial charge on any atom is -0.465 e. The Morgan fingerprint density at radius 1 is 1.19 bits per heavy atom. The molecule has 0 bridgehead atoms. The van der Waals surface area contributed by atoms with E-state index in [9.17, 15) is 9.59 Å². The second kappa shape index (κ2) is 7.82. The monoisotopic (exact) mass is 431 g/mol. The van der Waals surface area contributed by atoms with Crippen LogP contribution in [0.25, 0.3) is 11.5 Å². The lowest BCUT2D eigenvalue weighted by molar-refractivity contribution is -0.120. The van der Waals surface area contributed by atoms with Gasteiger partial charge >= 0.3 is 5.97 Å². The fourth-order valence-corrected chi connectivity index (χ4v) is 4.65. The van der Waals surface area contributed by atoms with Gasteiger partial charge < -0.3 is 19.0 Å². The molecule has 1 unspecified atom stereocenters. The second-order valence-electron chi connectivity index (χ2n) is 8.31. The summed E-state index contributed by atoms with van der Waals surface area (Å²) in [6.07, 6.45) is 1.78. The van der Waals surface area contributed by atoms with Crippen molar-refractivity contribution in [1.29, 1.82) is 0 Å². The van der Waals surface area contributed by atoms with Crippen molar-refractivity contribution in [3.05, 3.63) is 65.0 Å². The van der Waals surface area contributed by atoms with Gasteiger partial charge in [0.1, 0.15) is 17.5 Å². The fourth-order valence-electron chi connectivity index (χ4n) is 4.65. The number of nitrogens with zero attached hydrogens (tertiary/aromatic N) is 3. The summed E-state index contributed by atoms with van der Waals surface area (Å²) in [5.41, 5.74) is 4.79. The molecule has 1 fully saturated rings. The molecule has 0 spiro atoms. The standard InChI is InChI=1S/C25H25N3O4/c1-15-7-4-5-8-18(15)23-26-19(16(2)32-23)14-28-22-13-17(25(30)31-3)10-11-20(22)27-12-6-9-21(27)24(28)29/h4-5,7-8,10-11,13,21H,6,9,12,14H2,1-3H3. The Labute approximate surface area is 186 Å². The van der Waals surface area contributed by atoms with Gasteiger partial charge in [-0.2, -0.15) is 0 Å². The van der Waals surface area contributed by atoms with Crippen molar-refractivity contribution in [3.63, 3.8) is 0 Å². The van der Waals surface area contributed by atoms with Crippen LogP contribution in [0.5, 0.6) is 0 Å². The minimum atomic E-state index is -0.428. The van der Waals surface area contributed by atoms with Crippen LogP contribution in [0.3, 0.4) is 0 Å². The van der Waals surface area contributed by atoms with E-state index in [2.05, 4.69) is 4.90 Å². The average Bonchev–Trinajstić information content (AvgIpc) is 3.43. The van der Waals surface area contributed by atoms with Gasteiger partial charge in [-0.3, -0.25) is 4.79 Å². The zero-order valence-electron chi connectivity index (χ0n) is 18.4. The predicted molar refractivity (Wildman–Crippen MR) is 121 cm³/mol. The first kappa shape index (κ1) is 20.3. The number of amides is 1. The molecule has 1 amide bonds. The highest BCUT2D eigenvalue weighted by molar-refractivity contribution is 6.07. The Morgan fingerprint density at radius 2 is 2.00 bits per heavy atom. The molecule has 2 aliphatic rings. The molecule has 1 saturated heterocycles. The summed E-state index contributed by atoms with van der Waals surface area (Å²) in [5.74, 6) is 0.821. The normalized spacial score (nSPS) is 17.3. The summed E-state index contributed by atoms with van der Waals surface area (Å²) in [6, 6.07) is 13.1. The van der Waals surface area contributed by atoms with E-state index in [1.165, 1.54) is 7.11 Å². The van der Waals surface area contributed by atoms with Crippen molar-refractivity contribution in [3.8, 4) is 11.5 Å². The molecular weight excluding hydrogens is 406 g/mol. The lowest BCUT2D eigenvalue weighted by atomic mass is 10.0. The van der Waals surface area contributed by atoms with E-state index in [4.69, 9.17) is 14.1 Å². The number of methoxy groups -OCH3 is 1. The smallest absolute Gasteiger partial charge is 0.337 e. The van der Waals surface area contributed by atoms with Crippen molar-refractivity contribution in [2.45, 2.75) is 39.3 Å². The maximum Gasteiger partial charge on any atom is 0.337 e. The topological polar surface area (TPSA) is 75.9 Å². The van der Waals surface area contributed by atoms with Gasteiger partial charge in [0.25, 0.3) is 0 Å². The second-order valence-corrected chi connectivity index (χ2v) is 8.31. The third-order valence-corrected chi connectivity index (χ3v) is 6.38. The highest BCUT2D eigenvalue weighted by Crippen LogP contribution is 2.41. The number of hydrogen-bond acceptors (Lipinski definition) is 6. The van der Waals surface area contributed by atoms with Crippen molar-refractivity contribution in [2.24, 2.45) is 0 Å². The Morgan fingerprint density at radius 3 is 2.78 bits per heavy atom.